The average molecular weight is 252 g/mol. The number of hydrogen-bond acceptors (Lipinski definition) is 3. The van der Waals surface area contributed by atoms with Crippen LogP contribution in [-0.4, -0.2) is 15.7 Å². The second-order valence-electron chi connectivity index (χ2n) is 4.94. The minimum Gasteiger partial charge on any atom is -0.365 e. The van der Waals surface area contributed by atoms with Gasteiger partial charge in [-0.1, -0.05) is 19.3 Å². The average Bonchev–Trinajstić information content (AvgIpc) is 2.55. The third-order valence-electron chi connectivity index (χ3n) is 3.71. The van der Waals surface area contributed by atoms with Crippen LogP contribution in [0.5, 0.6) is 0 Å². The molecule has 3 nitrogen and oxygen atoms in total. The summed E-state index contributed by atoms with van der Waals surface area (Å²) in [4.78, 5) is 0. The van der Waals surface area contributed by atoms with Crippen molar-refractivity contribution in [3.05, 3.63) is 17.0 Å². The third kappa shape index (κ3) is 2.52. The molecule has 1 aromatic rings. The molecule has 17 heavy (non-hydrogen) atoms. The van der Waals surface area contributed by atoms with E-state index in [0.717, 1.165) is 18.4 Å². The first-order chi connectivity index (χ1) is 8.45. The van der Waals surface area contributed by atoms with Crippen molar-refractivity contribution in [1.82, 2.24) is 9.78 Å². The molecule has 0 saturated carbocycles. The first-order valence-electron chi connectivity index (χ1n) is 6.68. The molecule has 1 aromatic heterocycles. The number of thioether (sulfide) groups is 1. The highest BCUT2D eigenvalue weighted by Crippen LogP contribution is 2.26. The zero-order chi connectivity index (χ0) is 11.5. The van der Waals surface area contributed by atoms with Gasteiger partial charge in [-0.15, -0.1) is 11.8 Å². The van der Waals surface area contributed by atoms with Crippen molar-refractivity contribution in [2.24, 2.45) is 0 Å². The number of ether oxygens (including phenoxy) is 1. The largest absolute Gasteiger partial charge is 0.365 e. The molecule has 0 atom stereocenters. The smallest absolute Gasteiger partial charge is 0.0944 e. The summed E-state index contributed by atoms with van der Waals surface area (Å²) >= 11 is 1.81. The monoisotopic (exact) mass is 252 g/mol. The normalized spacial score (nSPS) is 21.6. The van der Waals surface area contributed by atoms with Crippen LogP contribution >= 0.6 is 11.8 Å². The maximum absolute atomic E-state index is 5.65. The quantitative estimate of drug-likeness (QED) is 0.710. The van der Waals surface area contributed by atoms with E-state index in [9.17, 15) is 0 Å². The Kier molecular flexibility index (Phi) is 3.71. The summed E-state index contributed by atoms with van der Waals surface area (Å²) in [5.74, 6) is 1.76. The van der Waals surface area contributed by atoms with Gasteiger partial charge in [0, 0.05) is 0 Å². The van der Waals surface area contributed by atoms with E-state index in [1.807, 2.05) is 11.8 Å². The van der Waals surface area contributed by atoms with Crippen molar-refractivity contribution in [2.45, 2.75) is 57.4 Å². The SMILES string of the molecule is C1CCCc2nn3c(c2CCC1)COCSC3. The zero-order valence-electron chi connectivity index (χ0n) is 10.3. The summed E-state index contributed by atoms with van der Waals surface area (Å²) in [6, 6.07) is 0. The number of aryl methyl sites for hydroxylation is 1. The van der Waals surface area contributed by atoms with E-state index in [2.05, 4.69) is 4.68 Å². The van der Waals surface area contributed by atoms with Gasteiger partial charge in [0.15, 0.2) is 0 Å². The molecule has 1 aliphatic heterocycles. The van der Waals surface area contributed by atoms with Crippen LogP contribution in [0.25, 0.3) is 0 Å². The molecule has 0 N–H and O–H groups in total. The van der Waals surface area contributed by atoms with E-state index in [4.69, 9.17) is 9.84 Å². The topological polar surface area (TPSA) is 27.1 Å². The van der Waals surface area contributed by atoms with Crippen molar-refractivity contribution in [1.29, 1.82) is 0 Å². The Morgan fingerprint density at radius 1 is 1.06 bits per heavy atom. The van der Waals surface area contributed by atoms with E-state index < -0.39 is 0 Å². The molecule has 0 amide bonds. The number of aromatic nitrogens is 2. The van der Waals surface area contributed by atoms with E-state index in [1.165, 1.54) is 61.9 Å². The first-order valence-corrected chi connectivity index (χ1v) is 7.83. The summed E-state index contributed by atoms with van der Waals surface area (Å²) in [6.07, 6.45) is 9.13. The van der Waals surface area contributed by atoms with E-state index in [0.29, 0.717) is 0 Å². The van der Waals surface area contributed by atoms with Crippen LogP contribution in [0.4, 0.5) is 0 Å². The zero-order valence-corrected chi connectivity index (χ0v) is 11.1. The molecule has 1 aliphatic carbocycles. The molecule has 0 aromatic carbocycles. The van der Waals surface area contributed by atoms with Crippen LogP contribution in [0.2, 0.25) is 0 Å². The fourth-order valence-corrected chi connectivity index (χ4v) is 3.45. The molecule has 0 saturated heterocycles. The lowest BCUT2D eigenvalue weighted by Crippen LogP contribution is -2.02. The van der Waals surface area contributed by atoms with Crippen molar-refractivity contribution in [3.8, 4) is 0 Å². The maximum atomic E-state index is 5.65. The minimum atomic E-state index is 0.759. The summed E-state index contributed by atoms with van der Waals surface area (Å²) in [5.41, 5.74) is 4.22. The van der Waals surface area contributed by atoms with E-state index >= 15 is 0 Å². The number of nitrogens with zero attached hydrogens (tertiary/aromatic N) is 2. The lowest BCUT2D eigenvalue weighted by molar-refractivity contribution is 0.165. The third-order valence-corrected chi connectivity index (χ3v) is 4.47. The van der Waals surface area contributed by atoms with Crippen LogP contribution in [0.3, 0.4) is 0 Å². The molecule has 0 radical (unpaired) electrons. The molecule has 0 fully saturated rings. The van der Waals surface area contributed by atoms with Gasteiger partial charge in [-0.2, -0.15) is 5.10 Å². The standard InChI is InChI=1S/C13H20N2OS/c1-2-4-6-11-12(7-5-3-1)14-15-9-17-10-16-8-13(11)15/h1-10H2. The van der Waals surface area contributed by atoms with Gasteiger partial charge in [-0.25, -0.2) is 0 Å². The fraction of sp³-hybridized carbons (Fsp3) is 0.769. The van der Waals surface area contributed by atoms with Crippen LogP contribution in [0.1, 0.15) is 49.1 Å². The minimum absolute atomic E-state index is 0.759. The number of hydrogen-bond donors (Lipinski definition) is 0. The summed E-state index contributed by atoms with van der Waals surface area (Å²) in [6.45, 7) is 0.759. The molecule has 2 heterocycles. The second-order valence-corrected chi connectivity index (χ2v) is 5.84. The van der Waals surface area contributed by atoms with Crippen molar-refractivity contribution >= 4 is 11.8 Å². The van der Waals surface area contributed by atoms with Gasteiger partial charge in [0.05, 0.1) is 29.8 Å². The lowest BCUT2D eigenvalue weighted by atomic mass is 10.0. The van der Waals surface area contributed by atoms with Gasteiger partial charge < -0.3 is 4.74 Å². The van der Waals surface area contributed by atoms with Gasteiger partial charge in [-0.3, -0.25) is 4.68 Å². The highest BCUT2D eigenvalue weighted by Gasteiger charge is 2.19. The van der Waals surface area contributed by atoms with Gasteiger partial charge >= 0.3 is 0 Å². The van der Waals surface area contributed by atoms with E-state index in [1.54, 1.807) is 0 Å². The van der Waals surface area contributed by atoms with Gasteiger partial charge in [0.1, 0.15) is 0 Å². The van der Waals surface area contributed by atoms with Crippen LogP contribution in [0.15, 0.2) is 0 Å². The van der Waals surface area contributed by atoms with Gasteiger partial charge in [-0.05, 0) is 31.2 Å². The molecule has 0 bridgehead atoms. The Bertz CT molecular complexity index is 389. The van der Waals surface area contributed by atoms with Crippen molar-refractivity contribution < 1.29 is 4.74 Å². The number of rotatable bonds is 0. The molecular formula is C13H20N2OS. The molecule has 0 unspecified atom stereocenters. The number of fused-ring (bicyclic) bond motifs is 3. The Balaban J connectivity index is 1.91. The van der Waals surface area contributed by atoms with E-state index in [-0.39, 0.29) is 0 Å². The molecule has 3 rings (SSSR count). The van der Waals surface area contributed by atoms with Crippen LogP contribution in [-0.2, 0) is 30.1 Å². The maximum Gasteiger partial charge on any atom is 0.0944 e. The predicted molar refractivity (Wildman–Crippen MR) is 70.0 cm³/mol. The molecule has 94 valence electrons. The Labute approximate surface area is 107 Å². The predicted octanol–water partition coefficient (Wildman–Crippen LogP) is 3.11. The first kappa shape index (κ1) is 11.6. The Hall–Kier alpha value is -0.480. The van der Waals surface area contributed by atoms with Gasteiger partial charge in [0.2, 0.25) is 0 Å². The summed E-state index contributed by atoms with van der Waals surface area (Å²) < 4.78 is 7.84. The van der Waals surface area contributed by atoms with Crippen molar-refractivity contribution in [2.75, 3.05) is 5.94 Å². The van der Waals surface area contributed by atoms with Crippen LogP contribution in [0, 0.1) is 0 Å². The molecule has 2 aliphatic rings. The fourth-order valence-electron chi connectivity index (χ4n) is 2.79. The van der Waals surface area contributed by atoms with Gasteiger partial charge in [0.25, 0.3) is 0 Å². The molecular weight excluding hydrogens is 232 g/mol. The second kappa shape index (κ2) is 5.44. The highest BCUT2D eigenvalue weighted by molar-refractivity contribution is 7.98. The van der Waals surface area contributed by atoms with Crippen LogP contribution < -0.4 is 0 Å². The molecule has 0 spiro atoms. The van der Waals surface area contributed by atoms with Crippen molar-refractivity contribution in [3.63, 3.8) is 0 Å². The molecule has 4 heteroatoms. The Morgan fingerprint density at radius 2 is 1.88 bits per heavy atom. The Morgan fingerprint density at radius 3 is 2.82 bits per heavy atom. The lowest BCUT2D eigenvalue weighted by Gasteiger charge is -2.04. The summed E-state index contributed by atoms with van der Waals surface area (Å²) in [7, 11) is 0. The summed E-state index contributed by atoms with van der Waals surface area (Å²) in [5, 5.41) is 4.81. The highest BCUT2D eigenvalue weighted by atomic mass is 32.2.